The molecule has 0 saturated heterocycles. The van der Waals surface area contributed by atoms with Gasteiger partial charge >= 0.3 is 0 Å². The first-order valence-corrected chi connectivity index (χ1v) is 8.55. The molecule has 2 atom stereocenters. The van der Waals surface area contributed by atoms with Gasteiger partial charge in [-0.05, 0) is 24.6 Å². The fourth-order valence-corrected chi connectivity index (χ4v) is 3.26. The highest BCUT2D eigenvalue weighted by atomic mass is 32.2. The van der Waals surface area contributed by atoms with Gasteiger partial charge < -0.3 is 4.74 Å². The number of rotatable bonds is 4. The number of hydrogen-bond donors (Lipinski definition) is 1. The Bertz CT molecular complexity index is 680. The Kier molecular flexibility index (Phi) is 5.13. The van der Waals surface area contributed by atoms with Crippen molar-refractivity contribution in [3.63, 3.8) is 0 Å². The first-order chi connectivity index (χ1) is 10.4. The topological polar surface area (TPSA) is 67.8 Å². The molecule has 1 aromatic rings. The van der Waals surface area contributed by atoms with Crippen LogP contribution in [0.25, 0.3) is 6.08 Å². The molecule has 1 aromatic carbocycles. The van der Waals surface area contributed by atoms with E-state index < -0.39 is 10.8 Å². The summed E-state index contributed by atoms with van der Waals surface area (Å²) in [4.78, 5) is 12.0. The zero-order chi connectivity index (χ0) is 16.3. The fraction of sp³-hybridized carbons (Fsp3) is 0.375. The van der Waals surface area contributed by atoms with Crippen LogP contribution in [0.4, 0.5) is 0 Å². The molecule has 0 bridgehead atoms. The van der Waals surface area contributed by atoms with Crippen LogP contribution in [-0.2, 0) is 15.6 Å². The molecule has 118 valence electrons. The maximum absolute atomic E-state index is 11.8. The minimum Gasteiger partial charge on any atom is -0.495 e. The van der Waals surface area contributed by atoms with E-state index in [-0.39, 0.29) is 11.8 Å². The van der Waals surface area contributed by atoms with Crippen LogP contribution < -0.4 is 10.2 Å². The van der Waals surface area contributed by atoms with E-state index >= 15 is 0 Å². The second-order valence-electron chi connectivity index (χ2n) is 5.30. The lowest BCUT2D eigenvalue weighted by atomic mass is 9.93. The number of carbonyl (C=O) groups excluding carboxylic acids is 1. The van der Waals surface area contributed by atoms with Crippen molar-refractivity contribution in [2.45, 2.75) is 25.2 Å². The standard InChI is InChI=1S/C16H20N2O3S/c1-10(15-11(2)9-14(19)17-18-15)8-12-6-5-7-13(22(4)20)16(12)21-3/h5-8,11H,9H2,1-4H3,(H,17,19). The van der Waals surface area contributed by atoms with Gasteiger partial charge in [-0.3, -0.25) is 9.00 Å². The van der Waals surface area contributed by atoms with E-state index in [1.54, 1.807) is 19.4 Å². The number of allylic oxidation sites excluding steroid dienone is 1. The maximum Gasteiger partial charge on any atom is 0.240 e. The summed E-state index contributed by atoms with van der Waals surface area (Å²) in [6.07, 6.45) is 4.00. The van der Waals surface area contributed by atoms with Crippen molar-refractivity contribution in [3.8, 4) is 5.75 Å². The highest BCUT2D eigenvalue weighted by molar-refractivity contribution is 7.84. The van der Waals surface area contributed by atoms with E-state index in [1.807, 2.05) is 32.1 Å². The second kappa shape index (κ2) is 6.87. The number of nitrogens with one attached hydrogen (secondary N) is 1. The van der Waals surface area contributed by atoms with Gasteiger partial charge in [-0.15, -0.1) is 0 Å². The molecule has 0 saturated carbocycles. The number of carbonyl (C=O) groups is 1. The number of para-hydroxylation sites is 1. The van der Waals surface area contributed by atoms with Crippen molar-refractivity contribution < 1.29 is 13.7 Å². The van der Waals surface area contributed by atoms with Gasteiger partial charge in [0.25, 0.3) is 0 Å². The predicted octanol–water partition coefficient (Wildman–Crippen LogP) is 2.35. The molecule has 0 radical (unpaired) electrons. The molecular formula is C16H20N2O3S. The van der Waals surface area contributed by atoms with Gasteiger partial charge in [0.15, 0.2) is 0 Å². The number of benzene rings is 1. The number of hydrazone groups is 1. The molecule has 1 amide bonds. The summed E-state index contributed by atoms with van der Waals surface area (Å²) in [5.74, 6) is 0.611. The summed E-state index contributed by atoms with van der Waals surface area (Å²) in [7, 11) is 0.445. The largest absolute Gasteiger partial charge is 0.495 e. The van der Waals surface area contributed by atoms with Gasteiger partial charge in [-0.25, -0.2) is 5.43 Å². The average Bonchev–Trinajstić information content (AvgIpc) is 2.46. The van der Waals surface area contributed by atoms with Crippen molar-refractivity contribution >= 4 is 28.5 Å². The quantitative estimate of drug-likeness (QED) is 0.926. The van der Waals surface area contributed by atoms with Crippen molar-refractivity contribution in [2.24, 2.45) is 11.0 Å². The average molecular weight is 320 g/mol. The predicted molar refractivity (Wildman–Crippen MR) is 88.3 cm³/mol. The molecule has 1 heterocycles. The van der Waals surface area contributed by atoms with Crippen LogP contribution in [0.15, 0.2) is 33.8 Å². The number of hydrogen-bond acceptors (Lipinski definition) is 4. The molecule has 0 fully saturated rings. The van der Waals surface area contributed by atoms with E-state index in [0.717, 1.165) is 16.8 Å². The van der Waals surface area contributed by atoms with Crippen LogP contribution in [-0.4, -0.2) is 29.2 Å². The van der Waals surface area contributed by atoms with Crippen LogP contribution in [0, 0.1) is 5.92 Å². The summed E-state index contributed by atoms with van der Waals surface area (Å²) >= 11 is 0. The second-order valence-corrected chi connectivity index (χ2v) is 6.65. The van der Waals surface area contributed by atoms with Crippen LogP contribution in [0.5, 0.6) is 5.75 Å². The number of nitrogens with zero attached hydrogens (tertiary/aromatic N) is 1. The Balaban J connectivity index is 2.42. The molecule has 1 aliphatic rings. The highest BCUT2D eigenvalue weighted by Gasteiger charge is 2.21. The third-order valence-corrected chi connectivity index (χ3v) is 4.50. The van der Waals surface area contributed by atoms with E-state index in [2.05, 4.69) is 10.5 Å². The minimum absolute atomic E-state index is 0.0648. The molecule has 22 heavy (non-hydrogen) atoms. The van der Waals surface area contributed by atoms with E-state index in [9.17, 15) is 9.00 Å². The number of methoxy groups -OCH3 is 1. The van der Waals surface area contributed by atoms with Crippen molar-refractivity contribution in [1.82, 2.24) is 5.43 Å². The Morgan fingerprint density at radius 1 is 1.50 bits per heavy atom. The van der Waals surface area contributed by atoms with E-state index in [1.165, 1.54) is 0 Å². The zero-order valence-electron chi connectivity index (χ0n) is 13.2. The van der Waals surface area contributed by atoms with Crippen molar-refractivity contribution in [3.05, 3.63) is 29.3 Å². The Labute approximate surface area is 132 Å². The first-order valence-electron chi connectivity index (χ1n) is 6.99. The van der Waals surface area contributed by atoms with Gasteiger partial charge in [0.05, 0.1) is 28.5 Å². The molecule has 0 spiro atoms. The first kappa shape index (κ1) is 16.4. The molecule has 2 unspecified atom stereocenters. The number of amides is 1. The van der Waals surface area contributed by atoms with Crippen LogP contribution >= 0.6 is 0 Å². The smallest absolute Gasteiger partial charge is 0.240 e. The Morgan fingerprint density at radius 2 is 2.23 bits per heavy atom. The van der Waals surface area contributed by atoms with Crippen molar-refractivity contribution in [2.75, 3.05) is 13.4 Å². The van der Waals surface area contributed by atoms with Crippen LogP contribution in [0.3, 0.4) is 0 Å². The third-order valence-electron chi connectivity index (χ3n) is 3.56. The summed E-state index contributed by atoms with van der Waals surface area (Å²) in [6, 6.07) is 5.56. The molecule has 1 N–H and O–H groups in total. The lowest BCUT2D eigenvalue weighted by Crippen LogP contribution is -2.31. The summed E-state index contributed by atoms with van der Waals surface area (Å²) in [5.41, 5.74) is 5.16. The van der Waals surface area contributed by atoms with Gasteiger partial charge in [0.1, 0.15) is 5.75 Å². The molecule has 5 nitrogen and oxygen atoms in total. The fourth-order valence-electron chi connectivity index (χ4n) is 2.53. The molecule has 2 rings (SSSR count). The van der Waals surface area contributed by atoms with Gasteiger partial charge in [-0.2, -0.15) is 5.10 Å². The number of ether oxygens (including phenoxy) is 1. The zero-order valence-corrected chi connectivity index (χ0v) is 14.0. The lowest BCUT2D eigenvalue weighted by Gasteiger charge is -2.19. The highest BCUT2D eigenvalue weighted by Crippen LogP contribution is 2.29. The maximum atomic E-state index is 11.8. The van der Waals surface area contributed by atoms with Crippen LogP contribution in [0.2, 0.25) is 0 Å². The Morgan fingerprint density at radius 3 is 2.82 bits per heavy atom. The van der Waals surface area contributed by atoms with Crippen molar-refractivity contribution in [1.29, 1.82) is 0 Å². The van der Waals surface area contributed by atoms with Gasteiger partial charge in [-0.1, -0.05) is 19.1 Å². The minimum atomic E-state index is -1.12. The summed E-state index contributed by atoms with van der Waals surface area (Å²) < 4.78 is 17.2. The van der Waals surface area contributed by atoms with Crippen LogP contribution in [0.1, 0.15) is 25.8 Å². The SMILES string of the molecule is COc1c(C=C(C)C2=NNC(=O)CC2C)cccc1S(C)=O. The molecule has 1 aliphatic heterocycles. The molecule has 0 aromatic heterocycles. The van der Waals surface area contributed by atoms with E-state index in [4.69, 9.17) is 4.74 Å². The molecule has 6 heteroatoms. The summed E-state index contributed by atoms with van der Waals surface area (Å²) in [6.45, 7) is 3.92. The molecule has 0 aliphatic carbocycles. The third kappa shape index (κ3) is 3.44. The summed E-state index contributed by atoms with van der Waals surface area (Å²) in [5, 5.41) is 4.15. The van der Waals surface area contributed by atoms with Gasteiger partial charge in [0.2, 0.25) is 5.91 Å². The monoisotopic (exact) mass is 320 g/mol. The normalized spacial score (nSPS) is 20.2. The Hall–Kier alpha value is -1.95. The lowest BCUT2D eigenvalue weighted by molar-refractivity contribution is -0.121. The van der Waals surface area contributed by atoms with Gasteiger partial charge in [0, 0.05) is 24.2 Å². The molecular weight excluding hydrogens is 300 g/mol. The van der Waals surface area contributed by atoms with E-state index in [0.29, 0.717) is 17.1 Å².